The first-order chi connectivity index (χ1) is 14.8. The molecular formula is C26H24O3PS+. The van der Waals surface area contributed by atoms with Crippen LogP contribution in [-0.4, -0.2) is 13.0 Å². The van der Waals surface area contributed by atoms with Crippen molar-refractivity contribution in [2.75, 3.05) is 0 Å². The summed E-state index contributed by atoms with van der Waals surface area (Å²) in [5, 5.41) is 3.71. The first-order valence-electron chi connectivity index (χ1n) is 10.00. The molecule has 0 bridgehead atoms. The Bertz CT molecular complexity index is 1250. The van der Waals surface area contributed by atoms with Gasteiger partial charge in [0.25, 0.3) is 10.1 Å². The van der Waals surface area contributed by atoms with Crippen molar-refractivity contribution in [3.05, 3.63) is 114 Å². The predicted molar refractivity (Wildman–Crippen MR) is 131 cm³/mol. The van der Waals surface area contributed by atoms with E-state index in [2.05, 4.69) is 48.5 Å². The summed E-state index contributed by atoms with van der Waals surface area (Å²) in [7, 11) is -7.05. The molecule has 0 radical (unpaired) electrons. The van der Waals surface area contributed by atoms with E-state index < -0.39 is 17.4 Å². The van der Waals surface area contributed by atoms with Crippen molar-refractivity contribution in [1.82, 2.24) is 0 Å². The van der Waals surface area contributed by atoms with Crippen LogP contribution in [0.5, 0.6) is 0 Å². The zero-order valence-electron chi connectivity index (χ0n) is 17.4. The third-order valence-corrected chi connectivity index (χ3v) is 10.9. The lowest BCUT2D eigenvalue weighted by molar-refractivity contribution is 0.484. The zero-order valence-corrected chi connectivity index (χ0v) is 19.1. The molecule has 0 amide bonds. The molecule has 0 unspecified atom stereocenters. The van der Waals surface area contributed by atoms with Gasteiger partial charge >= 0.3 is 0 Å². The summed E-state index contributed by atoms with van der Waals surface area (Å²) in [6.45, 7) is 4.06. The fourth-order valence-corrected chi connectivity index (χ4v) is 9.60. The van der Waals surface area contributed by atoms with Crippen LogP contribution < -0.4 is 21.2 Å². The van der Waals surface area contributed by atoms with Gasteiger partial charge in [0.2, 0.25) is 0 Å². The average Bonchev–Trinajstić information content (AvgIpc) is 2.77. The van der Waals surface area contributed by atoms with Gasteiger partial charge in [-0.15, -0.1) is 0 Å². The fourth-order valence-electron chi connectivity index (χ4n) is 4.01. The second-order valence-corrected chi connectivity index (χ2v) is 12.4. The molecule has 4 aromatic rings. The largest absolute Gasteiger partial charge is 0.298 e. The Morgan fingerprint density at radius 1 is 0.581 bits per heavy atom. The maximum atomic E-state index is 12.5. The maximum absolute atomic E-state index is 12.5. The van der Waals surface area contributed by atoms with Crippen LogP contribution in [0, 0.1) is 13.8 Å². The Morgan fingerprint density at radius 2 is 1.00 bits per heavy atom. The van der Waals surface area contributed by atoms with Gasteiger partial charge in [0, 0.05) is 0 Å². The minimum Gasteiger partial charge on any atom is -0.282 e. The second-order valence-electron chi connectivity index (χ2n) is 7.62. The van der Waals surface area contributed by atoms with Crippen LogP contribution in [0.2, 0.25) is 0 Å². The lowest BCUT2D eigenvalue weighted by Crippen LogP contribution is -2.40. The highest BCUT2D eigenvalue weighted by atomic mass is 32.2. The average molecular weight is 448 g/mol. The van der Waals surface area contributed by atoms with Crippen molar-refractivity contribution in [2.24, 2.45) is 0 Å². The number of hydrogen-bond donors (Lipinski definition) is 1. The first kappa shape index (κ1) is 21.5. The number of benzene rings is 4. The van der Waals surface area contributed by atoms with Crippen LogP contribution in [0.1, 0.15) is 11.1 Å². The van der Waals surface area contributed by atoms with Gasteiger partial charge in [0.05, 0.1) is 0 Å². The lowest BCUT2D eigenvalue weighted by atomic mass is 10.2. The molecule has 1 N–H and O–H groups in total. The van der Waals surface area contributed by atoms with Crippen LogP contribution in [-0.2, 0) is 10.1 Å². The van der Waals surface area contributed by atoms with Crippen molar-refractivity contribution < 1.29 is 13.0 Å². The van der Waals surface area contributed by atoms with Crippen LogP contribution in [0.3, 0.4) is 0 Å². The topological polar surface area (TPSA) is 54.4 Å². The summed E-state index contributed by atoms with van der Waals surface area (Å²) >= 11 is 0. The standard InChI is InChI=1S/C26H23O3PS/c1-20-12-16-23(17-13-20)30(22-8-4-3-5-9-22,24-18-14-21(2)15-19-24)25-10-6-7-11-26(25)31(27,28)29/h3-19H,1-2H3/p+1. The molecule has 0 saturated carbocycles. The van der Waals surface area contributed by atoms with Gasteiger partial charge in [0.15, 0.2) is 0 Å². The summed E-state index contributed by atoms with van der Waals surface area (Å²) < 4.78 is 35.1. The van der Waals surface area contributed by atoms with E-state index in [1.54, 1.807) is 6.07 Å². The second kappa shape index (κ2) is 8.39. The summed E-state index contributed by atoms with van der Waals surface area (Å²) in [6, 6.07) is 33.4. The van der Waals surface area contributed by atoms with E-state index in [1.165, 1.54) is 6.07 Å². The molecule has 4 aromatic carbocycles. The predicted octanol–water partition coefficient (Wildman–Crippen LogP) is 4.17. The Balaban J connectivity index is 2.22. The lowest BCUT2D eigenvalue weighted by Gasteiger charge is -2.28. The van der Waals surface area contributed by atoms with Gasteiger partial charge in [-0.25, -0.2) is 0 Å². The molecule has 0 saturated heterocycles. The van der Waals surface area contributed by atoms with Crippen LogP contribution in [0.4, 0.5) is 0 Å². The van der Waals surface area contributed by atoms with Crippen molar-refractivity contribution in [2.45, 2.75) is 18.7 Å². The summed E-state index contributed by atoms with van der Waals surface area (Å²) in [5.41, 5.74) is 2.25. The van der Waals surface area contributed by atoms with Gasteiger partial charge in [-0.05, 0) is 62.4 Å². The monoisotopic (exact) mass is 447 g/mol. The SMILES string of the molecule is Cc1ccc([P+](c2ccccc2)(c2ccc(C)cc2)c2ccccc2S(=O)(=O)O)cc1. The Labute approximate surface area is 184 Å². The summed E-state index contributed by atoms with van der Waals surface area (Å²) in [4.78, 5) is -0.0478. The smallest absolute Gasteiger partial charge is 0.282 e. The van der Waals surface area contributed by atoms with E-state index in [0.29, 0.717) is 5.30 Å². The van der Waals surface area contributed by atoms with E-state index in [0.717, 1.165) is 27.0 Å². The normalized spacial score (nSPS) is 12.0. The van der Waals surface area contributed by atoms with Crippen molar-refractivity contribution >= 4 is 38.6 Å². The highest BCUT2D eigenvalue weighted by Crippen LogP contribution is 2.55. The molecule has 0 aliphatic heterocycles. The van der Waals surface area contributed by atoms with Gasteiger partial charge in [-0.2, -0.15) is 8.42 Å². The van der Waals surface area contributed by atoms with Crippen molar-refractivity contribution in [3.8, 4) is 0 Å². The summed E-state index contributed by atoms with van der Waals surface area (Å²) in [5.74, 6) is 0. The van der Waals surface area contributed by atoms with Crippen molar-refractivity contribution in [3.63, 3.8) is 0 Å². The highest BCUT2D eigenvalue weighted by Gasteiger charge is 2.50. The summed E-state index contributed by atoms with van der Waals surface area (Å²) in [6.07, 6.45) is 0. The van der Waals surface area contributed by atoms with Gasteiger partial charge < -0.3 is 0 Å². The molecule has 0 heterocycles. The highest BCUT2D eigenvalue weighted by molar-refractivity contribution is 8.02. The molecule has 0 fully saturated rings. The maximum Gasteiger partial charge on any atom is 0.298 e. The van der Waals surface area contributed by atoms with E-state index in [1.807, 2.05) is 56.3 Å². The Morgan fingerprint density at radius 3 is 1.48 bits per heavy atom. The molecule has 0 aliphatic carbocycles. The van der Waals surface area contributed by atoms with Crippen LogP contribution in [0.25, 0.3) is 0 Å². The Hall–Kier alpha value is -2.78. The van der Waals surface area contributed by atoms with Crippen LogP contribution >= 0.6 is 7.26 Å². The minimum absolute atomic E-state index is 0.0478. The first-order valence-corrected chi connectivity index (χ1v) is 13.2. The molecule has 156 valence electrons. The molecular weight excluding hydrogens is 423 g/mol. The Kier molecular flexibility index (Phi) is 5.81. The molecule has 4 rings (SSSR count). The third-order valence-electron chi connectivity index (χ3n) is 5.49. The number of aryl methyl sites for hydroxylation is 2. The number of rotatable bonds is 5. The van der Waals surface area contributed by atoms with E-state index in [-0.39, 0.29) is 4.90 Å². The fraction of sp³-hybridized carbons (Fsp3) is 0.0769. The van der Waals surface area contributed by atoms with E-state index in [9.17, 15) is 13.0 Å². The molecule has 0 spiro atoms. The minimum atomic E-state index is -4.43. The zero-order chi connectivity index (χ0) is 22.1. The van der Waals surface area contributed by atoms with Gasteiger partial charge in [0.1, 0.15) is 33.4 Å². The quantitative estimate of drug-likeness (QED) is 0.369. The molecule has 5 heteroatoms. The van der Waals surface area contributed by atoms with Gasteiger partial charge in [-0.3, -0.25) is 4.55 Å². The van der Waals surface area contributed by atoms with E-state index >= 15 is 0 Å². The van der Waals surface area contributed by atoms with Gasteiger partial charge in [-0.1, -0.05) is 65.7 Å². The molecule has 0 atom stereocenters. The molecule has 0 aromatic heterocycles. The molecule has 0 aliphatic rings. The third kappa shape index (κ3) is 3.95. The van der Waals surface area contributed by atoms with Crippen molar-refractivity contribution in [1.29, 1.82) is 0 Å². The van der Waals surface area contributed by atoms with E-state index in [4.69, 9.17) is 0 Å². The molecule has 3 nitrogen and oxygen atoms in total. The number of hydrogen-bond acceptors (Lipinski definition) is 2. The molecule has 31 heavy (non-hydrogen) atoms. The van der Waals surface area contributed by atoms with Crippen LogP contribution in [0.15, 0.2) is 108 Å².